The van der Waals surface area contributed by atoms with Gasteiger partial charge in [-0.05, 0) is 36.2 Å². The van der Waals surface area contributed by atoms with Gasteiger partial charge in [-0.1, -0.05) is 65.0 Å². The number of aryl methyl sites for hydroxylation is 1. The van der Waals surface area contributed by atoms with Crippen molar-refractivity contribution in [1.82, 2.24) is 14.8 Å². The molecule has 5 nitrogen and oxygen atoms in total. The van der Waals surface area contributed by atoms with Crippen LogP contribution in [0.5, 0.6) is 0 Å². The van der Waals surface area contributed by atoms with Gasteiger partial charge in [0.1, 0.15) is 12.2 Å². The van der Waals surface area contributed by atoms with Gasteiger partial charge in [0.05, 0.1) is 18.4 Å². The number of nitrogens with zero attached hydrogens (tertiary/aromatic N) is 3. The largest absolute Gasteiger partial charge is 0.465 e. The molecular weight excluding hydrogens is 350 g/mol. The van der Waals surface area contributed by atoms with E-state index in [1.54, 1.807) is 10.7 Å². The fourth-order valence-corrected chi connectivity index (χ4v) is 2.72. The van der Waals surface area contributed by atoms with E-state index in [4.69, 9.17) is 4.74 Å². The lowest BCUT2D eigenvalue weighted by atomic mass is 10.0. The molecule has 1 heterocycles. The zero-order valence-corrected chi connectivity index (χ0v) is 16.9. The highest BCUT2D eigenvalue weighted by atomic mass is 16.5. The van der Waals surface area contributed by atoms with Crippen LogP contribution in [0.15, 0.2) is 48.8 Å². The minimum atomic E-state index is -0.374. The zero-order chi connectivity index (χ0) is 20.0. The van der Waals surface area contributed by atoms with Crippen molar-refractivity contribution >= 4 is 5.97 Å². The number of esters is 1. The predicted molar refractivity (Wildman–Crippen MR) is 115 cm³/mol. The molecule has 2 aromatic carbocycles. The SMILES string of the molecule is C.CC.COC(=O)c1cc(-c2ccc(C)cc2)cc(-n2ncnc2C(C)C)c1. The third-order valence-corrected chi connectivity index (χ3v) is 4.06. The van der Waals surface area contributed by atoms with E-state index in [0.717, 1.165) is 22.6 Å². The molecule has 0 aliphatic heterocycles. The van der Waals surface area contributed by atoms with Crippen LogP contribution in [0.3, 0.4) is 0 Å². The molecule has 150 valence electrons. The summed E-state index contributed by atoms with van der Waals surface area (Å²) in [6.07, 6.45) is 1.53. The summed E-state index contributed by atoms with van der Waals surface area (Å²) in [6.45, 7) is 10.2. The molecule has 28 heavy (non-hydrogen) atoms. The fourth-order valence-electron chi connectivity index (χ4n) is 2.72. The molecule has 0 saturated heterocycles. The zero-order valence-electron chi connectivity index (χ0n) is 16.9. The number of rotatable bonds is 4. The van der Waals surface area contributed by atoms with Gasteiger partial charge in [0.2, 0.25) is 0 Å². The Morgan fingerprint density at radius 2 is 1.68 bits per heavy atom. The molecule has 0 aliphatic carbocycles. The molecule has 0 aliphatic rings. The summed E-state index contributed by atoms with van der Waals surface area (Å²) in [4.78, 5) is 16.5. The van der Waals surface area contributed by atoms with Crippen LogP contribution in [0.4, 0.5) is 0 Å². The van der Waals surface area contributed by atoms with Gasteiger partial charge in [-0.25, -0.2) is 14.5 Å². The molecule has 0 spiro atoms. The average Bonchev–Trinajstić information content (AvgIpc) is 3.19. The van der Waals surface area contributed by atoms with Crippen molar-refractivity contribution < 1.29 is 9.53 Å². The van der Waals surface area contributed by atoms with Gasteiger partial charge in [0, 0.05) is 5.92 Å². The third-order valence-electron chi connectivity index (χ3n) is 4.06. The maximum atomic E-state index is 12.1. The topological polar surface area (TPSA) is 57.0 Å². The second kappa shape index (κ2) is 10.4. The molecule has 0 unspecified atom stereocenters. The summed E-state index contributed by atoms with van der Waals surface area (Å²) >= 11 is 0. The number of carbonyl (C=O) groups excluding carboxylic acids is 1. The molecule has 0 amide bonds. The van der Waals surface area contributed by atoms with Crippen molar-refractivity contribution in [3.63, 3.8) is 0 Å². The first-order valence-corrected chi connectivity index (χ1v) is 9.20. The van der Waals surface area contributed by atoms with Crippen molar-refractivity contribution in [3.05, 3.63) is 65.7 Å². The second-order valence-electron chi connectivity index (χ2n) is 6.31. The highest BCUT2D eigenvalue weighted by molar-refractivity contribution is 5.92. The van der Waals surface area contributed by atoms with Crippen molar-refractivity contribution in [2.24, 2.45) is 0 Å². The van der Waals surface area contributed by atoms with Crippen LogP contribution in [0.1, 0.15) is 62.8 Å². The molecule has 0 fully saturated rings. The van der Waals surface area contributed by atoms with Crippen LogP contribution in [0.25, 0.3) is 16.8 Å². The Labute approximate surface area is 168 Å². The summed E-state index contributed by atoms with van der Waals surface area (Å²) in [6, 6.07) is 13.8. The summed E-state index contributed by atoms with van der Waals surface area (Å²) in [5.41, 5.74) is 4.43. The smallest absolute Gasteiger partial charge is 0.337 e. The average molecular weight is 382 g/mol. The van der Waals surface area contributed by atoms with E-state index in [9.17, 15) is 4.79 Å². The minimum absolute atomic E-state index is 0. The van der Waals surface area contributed by atoms with Crippen LogP contribution in [0, 0.1) is 6.92 Å². The van der Waals surface area contributed by atoms with Crippen LogP contribution < -0.4 is 0 Å². The fraction of sp³-hybridized carbons (Fsp3) is 0.348. The third kappa shape index (κ3) is 5.06. The number of benzene rings is 2. The molecule has 1 aromatic heterocycles. The second-order valence-corrected chi connectivity index (χ2v) is 6.31. The minimum Gasteiger partial charge on any atom is -0.465 e. The number of hydrogen-bond acceptors (Lipinski definition) is 4. The summed E-state index contributed by atoms with van der Waals surface area (Å²) in [7, 11) is 1.38. The predicted octanol–water partition coefficient (Wildman–Crippen LogP) is 5.82. The number of carbonyl (C=O) groups is 1. The van der Waals surface area contributed by atoms with Gasteiger partial charge in [0.25, 0.3) is 0 Å². The molecule has 0 bridgehead atoms. The molecule has 0 radical (unpaired) electrons. The molecule has 0 atom stereocenters. The maximum Gasteiger partial charge on any atom is 0.337 e. The Bertz CT molecular complexity index is 896. The molecule has 0 saturated carbocycles. The Hall–Kier alpha value is -2.95. The van der Waals surface area contributed by atoms with Crippen molar-refractivity contribution in [3.8, 4) is 16.8 Å². The van der Waals surface area contributed by atoms with E-state index in [2.05, 4.69) is 36.1 Å². The van der Waals surface area contributed by atoms with Crippen molar-refractivity contribution in [2.75, 3.05) is 7.11 Å². The van der Waals surface area contributed by atoms with Crippen LogP contribution >= 0.6 is 0 Å². The standard InChI is InChI=1S/C20H21N3O2.C2H6.CH4/c1-13(2)19-21-12-22-23(19)18-10-16(9-17(11-18)20(24)25-4)15-7-5-14(3)6-8-15;1-2;/h5-13H,1-4H3;1-2H3;1H4. The van der Waals surface area contributed by atoms with Crippen LogP contribution in [0.2, 0.25) is 0 Å². The van der Waals surface area contributed by atoms with E-state index >= 15 is 0 Å². The van der Waals surface area contributed by atoms with Crippen molar-refractivity contribution in [1.29, 1.82) is 0 Å². The quantitative estimate of drug-likeness (QED) is 0.535. The van der Waals surface area contributed by atoms with E-state index < -0.39 is 0 Å². The molecule has 0 N–H and O–H groups in total. The van der Waals surface area contributed by atoms with Gasteiger partial charge < -0.3 is 4.74 Å². The first-order valence-electron chi connectivity index (χ1n) is 9.20. The summed E-state index contributed by atoms with van der Waals surface area (Å²) in [5, 5.41) is 4.34. The summed E-state index contributed by atoms with van der Waals surface area (Å²) in [5.74, 6) is 0.686. The highest BCUT2D eigenvalue weighted by Gasteiger charge is 2.15. The lowest BCUT2D eigenvalue weighted by Crippen LogP contribution is -2.08. The number of methoxy groups -OCH3 is 1. The van der Waals surface area contributed by atoms with Crippen molar-refractivity contribution in [2.45, 2.75) is 48.0 Å². The Kier molecular flexibility index (Phi) is 8.58. The van der Waals surface area contributed by atoms with Crippen LogP contribution in [-0.2, 0) is 4.74 Å². The number of aromatic nitrogens is 3. The summed E-state index contributed by atoms with van der Waals surface area (Å²) < 4.78 is 6.68. The maximum absolute atomic E-state index is 12.1. The van der Waals surface area contributed by atoms with Gasteiger partial charge in [-0.2, -0.15) is 5.10 Å². The van der Waals surface area contributed by atoms with Gasteiger partial charge in [0.15, 0.2) is 0 Å². The lowest BCUT2D eigenvalue weighted by molar-refractivity contribution is 0.0600. The Balaban J connectivity index is 0.00000127. The van der Waals surface area contributed by atoms with Gasteiger partial charge in [-0.15, -0.1) is 0 Å². The Morgan fingerprint density at radius 1 is 1.04 bits per heavy atom. The first kappa shape index (κ1) is 23.1. The van der Waals surface area contributed by atoms with E-state index in [1.807, 2.05) is 45.0 Å². The number of ether oxygens (including phenoxy) is 1. The molecular formula is C23H31N3O2. The van der Waals surface area contributed by atoms with E-state index in [1.165, 1.54) is 19.0 Å². The highest BCUT2D eigenvalue weighted by Crippen LogP contribution is 2.26. The Morgan fingerprint density at radius 3 is 2.25 bits per heavy atom. The van der Waals surface area contributed by atoms with E-state index in [0.29, 0.717) is 5.56 Å². The van der Waals surface area contributed by atoms with E-state index in [-0.39, 0.29) is 19.3 Å². The molecule has 5 heteroatoms. The van der Waals surface area contributed by atoms with Gasteiger partial charge in [-0.3, -0.25) is 0 Å². The number of hydrogen-bond donors (Lipinski definition) is 0. The normalized spacial score (nSPS) is 9.96. The van der Waals surface area contributed by atoms with Crippen LogP contribution in [-0.4, -0.2) is 27.8 Å². The van der Waals surface area contributed by atoms with Gasteiger partial charge >= 0.3 is 5.97 Å². The monoisotopic (exact) mass is 381 g/mol. The first-order chi connectivity index (χ1) is 13.0. The molecule has 3 aromatic rings. The lowest BCUT2D eigenvalue weighted by Gasteiger charge is -2.12. The molecule has 3 rings (SSSR count).